The predicted octanol–water partition coefficient (Wildman–Crippen LogP) is 12.9. The molecular weight excluding hydrogens is 629 g/mol. The minimum Gasteiger partial charge on any atom is -0.319 e. The van der Waals surface area contributed by atoms with Crippen LogP contribution in [-0.2, 0) is 6.18 Å². The Balaban J connectivity index is 1.62. The lowest BCUT2D eigenvalue weighted by atomic mass is 9.94. The number of benzene rings is 6. The molecule has 0 spiro atoms. The van der Waals surface area contributed by atoms with Crippen molar-refractivity contribution in [1.82, 2.24) is 9.13 Å². The lowest BCUT2D eigenvalue weighted by molar-refractivity contribution is -0.137. The van der Waals surface area contributed by atoms with Crippen LogP contribution in [0.5, 0.6) is 0 Å². The number of nitrogens with zero attached hydrogens (tertiary/aromatic N) is 4. The normalized spacial score (nSPS) is 11.9. The quantitative estimate of drug-likeness (QED) is 0.168. The Bertz CT molecular complexity index is 2700. The summed E-state index contributed by atoms with van der Waals surface area (Å²) in [7, 11) is 0. The summed E-state index contributed by atoms with van der Waals surface area (Å²) in [6, 6.07) is 31.4. The average Bonchev–Trinajstić information content (AvgIpc) is 3.57. The highest BCUT2D eigenvalue weighted by Gasteiger charge is 2.36. The SMILES string of the molecule is [C-]#[N+]c1cccc(C(F)(F)F)c1-c1ccc(-n2c3ccc(C)cc3c3cc(C)ccc32)c([N+]#[C-])c1-n1c2ccc(C)cc2c2cc(C)ccc21. The fourth-order valence-corrected chi connectivity index (χ4v) is 7.44. The van der Waals surface area contributed by atoms with E-state index in [1.807, 2.05) is 85.4 Å². The fourth-order valence-electron chi connectivity index (χ4n) is 7.44. The molecule has 0 bridgehead atoms. The van der Waals surface area contributed by atoms with E-state index < -0.39 is 11.7 Å². The zero-order valence-electron chi connectivity index (χ0n) is 27.7. The van der Waals surface area contributed by atoms with Crippen LogP contribution in [0.1, 0.15) is 27.8 Å². The number of alkyl halides is 3. The van der Waals surface area contributed by atoms with Crippen molar-refractivity contribution >= 4 is 55.0 Å². The molecule has 7 heteroatoms. The molecule has 0 saturated heterocycles. The van der Waals surface area contributed by atoms with Crippen LogP contribution in [0.3, 0.4) is 0 Å². The molecule has 0 saturated carbocycles. The standard InChI is InChI=1S/C43H29F3N4/c1-24-10-15-35-29(20-24)30-21-25(2)11-16-36(30)49(35)39-19-14-28(40-33(43(44,45)46)8-7-9-34(40)47-5)42(41(39)48-6)50-37-17-12-26(3)22-31(37)32-23-27(4)13-18-38(32)50/h7-23H,1-4H3. The molecule has 0 atom stereocenters. The Hall–Kier alpha value is -6.31. The van der Waals surface area contributed by atoms with Gasteiger partial charge in [-0.15, -0.1) is 0 Å². The van der Waals surface area contributed by atoms with Gasteiger partial charge in [-0.05, 0) is 87.9 Å². The summed E-state index contributed by atoms with van der Waals surface area (Å²) in [5.74, 6) is 0. The second kappa shape index (κ2) is 11.1. The lowest BCUT2D eigenvalue weighted by Gasteiger charge is -2.23. The maximum atomic E-state index is 14.8. The summed E-state index contributed by atoms with van der Waals surface area (Å²) >= 11 is 0. The van der Waals surface area contributed by atoms with Gasteiger partial charge in [0.25, 0.3) is 0 Å². The van der Waals surface area contributed by atoms with E-state index in [-0.39, 0.29) is 22.5 Å². The van der Waals surface area contributed by atoms with Gasteiger partial charge in [-0.25, -0.2) is 9.69 Å². The van der Waals surface area contributed by atoms with Gasteiger partial charge in [-0.3, -0.25) is 0 Å². The molecule has 0 unspecified atom stereocenters. The molecule has 8 rings (SSSR count). The largest absolute Gasteiger partial charge is 0.415 e. The first-order valence-corrected chi connectivity index (χ1v) is 16.2. The molecule has 0 aliphatic heterocycles. The average molecular weight is 659 g/mol. The zero-order chi connectivity index (χ0) is 35.1. The van der Waals surface area contributed by atoms with Crippen LogP contribution in [0.2, 0.25) is 0 Å². The molecule has 0 aliphatic carbocycles. The Kier molecular flexibility index (Phi) is 6.89. The van der Waals surface area contributed by atoms with Crippen LogP contribution < -0.4 is 0 Å². The monoisotopic (exact) mass is 658 g/mol. The van der Waals surface area contributed by atoms with Crippen molar-refractivity contribution in [2.45, 2.75) is 33.9 Å². The van der Waals surface area contributed by atoms with E-state index in [4.69, 9.17) is 13.1 Å². The van der Waals surface area contributed by atoms with E-state index >= 15 is 0 Å². The summed E-state index contributed by atoms with van der Waals surface area (Å²) in [5, 5.41) is 3.89. The second-order valence-corrected chi connectivity index (χ2v) is 13.0. The molecule has 0 amide bonds. The minimum absolute atomic E-state index is 0.139. The van der Waals surface area contributed by atoms with E-state index in [2.05, 4.69) is 34.0 Å². The van der Waals surface area contributed by atoms with Gasteiger partial charge >= 0.3 is 6.18 Å². The molecule has 2 aromatic heterocycles. The van der Waals surface area contributed by atoms with E-state index in [0.29, 0.717) is 11.4 Å². The first-order chi connectivity index (χ1) is 24.0. The molecular formula is C43H29F3N4. The van der Waals surface area contributed by atoms with Crippen LogP contribution in [0.4, 0.5) is 24.5 Å². The van der Waals surface area contributed by atoms with Gasteiger partial charge in [0.2, 0.25) is 5.69 Å². The number of rotatable bonds is 3. The Labute approximate surface area is 286 Å². The van der Waals surface area contributed by atoms with Gasteiger partial charge in [0, 0.05) is 27.1 Å². The van der Waals surface area contributed by atoms with Gasteiger partial charge in [-0.2, -0.15) is 13.2 Å². The van der Waals surface area contributed by atoms with Crippen LogP contribution in [0, 0.1) is 40.8 Å². The van der Waals surface area contributed by atoms with Crippen LogP contribution >= 0.6 is 0 Å². The number of aromatic nitrogens is 2. The maximum Gasteiger partial charge on any atom is 0.415 e. The van der Waals surface area contributed by atoms with Crippen LogP contribution in [-0.4, -0.2) is 9.13 Å². The third-order valence-corrected chi connectivity index (χ3v) is 9.60. The summed E-state index contributed by atoms with van der Waals surface area (Å²) in [4.78, 5) is 7.74. The lowest BCUT2D eigenvalue weighted by Crippen LogP contribution is -2.09. The molecule has 242 valence electrons. The van der Waals surface area contributed by atoms with Gasteiger partial charge in [-0.1, -0.05) is 70.8 Å². The molecule has 50 heavy (non-hydrogen) atoms. The zero-order valence-corrected chi connectivity index (χ0v) is 27.7. The van der Waals surface area contributed by atoms with Crippen molar-refractivity contribution in [1.29, 1.82) is 0 Å². The number of hydrogen-bond acceptors (Lipinski definition) is 0. The Morgan fingerprint density at radius 3 is 1.42 bits per heavy atom. The predicted molar refractivity (Wildman–Crippen MR) is 197 cm³/mol. The van der Waals surface area contributed by atoms with Gasteiger partial charge in [0.05, 0.1) is 52.1 Å². The fraction of sp³-hybridized carbons (Fsp3) is 0.116. The van der Waals surface area contributed by atoms with Crippen molar-refractivity contribution in [3.8, 4) is 22.5 Å². The van der Waals surface area contributed by atoms with Gasteiger partial charge < -0.3 is 9.13 Å². The Morgan fingerprint density at radius 1 is 0.540 bits per heavy atom. The smallest absolute Gasteiger partial charge is 0.319 e. The summed E-state index contributed by atoms with van der Waals surface area (Å²) in [5.41, 5.74) is 7.36. The van der Waals surface area contributed by atoms with Crippen molar-refractivity contribution in [3.05, 3.63) is 154 Å². The molecule has 0 radical (unpaired) electrons. The number of aryl methyl sites for hydroxylation is 4. The van der Waals surface area contributed by atoms with E-state index in [0.717, 1.165) is 71.9 Å². The van der Waals surface area contributed by atoms with Crippen molar-refractivity contribution in [2.75, 3.05) is 0 Å². The van der Waals surface area contributed by atoms with Gasteiger partial charge in [0.15, 0.2) is 5.69 Å². The highest BCUT2D eigenvalue weighted by atomic mass is 19.4. The van der Waals surface area contributed by atoms with E-state index in [9.17, 15) is 13.2 Å². The maximum absolute atomic E-state index is 14.8. The molecule has 0 fully saturated rings. The second-order valence-electron chi connectivity index (χ2n) is 13.0. The first kappa shape index (κ1) is 31.0. The van der Waals surface area contributed by atoms with Crippen LogP contribution in [0.25, 0.3) is 75.8 Å². The van der Waals surface area contributed by atoms with Crippen LogP contribution in [0.15, 0.2) is 103 Å². The van der Waals surface area contributed by atoms with Crippen molar-refractivity contribution < 1.29 is 13.2 Å². The molecule has 0 N–H and O–H groups in total. The first-order valence-electron chi connectivity index (χ1n) is 16.2. The third kappa shape index (κ3) is 4.59. The number of fused-ring (bicyclic) bond motifs is 6. The molecule has 4 nitrogen and oxygen atoms in total. The third-order valence-electron chi connectivity index (χ3n) is 9.60. The molecule has 6 aromatic carbocycles. The molecule has 0 aliphatic rings. The highest BCUT2D eigenvalue weighted by molar-refractivity contribution is 6.13. The number of hydrogen-bond donors (Lipinski definition) is 0. The van der Waals surface area contributed by atoms with Gasteiger partial charge in [0.1, 0.15) is 0 Å². The summed E-state index contributed by atoms with van der Waals surface area (Å²) in [6.45, 7) is 24.8. The van der Waals surface area contributed by atoms with E-state index in [1.54, 1.807) is 12.1 Å². The summed E-state index contributed by atoms with van der Waals surface area (Å²) < 4.78 is 48.5. The van der Waals surface area contributed by atoms with Crippen molar-refractivity contribution in [3.63, 3.8) is 0 Å². The Morgan fingerprint density at radius 2 is 1.00 bits per heavy atom. The minimum atomic E-state index is -4.75. The highest BCUT2D eigenvalue weighted by Crippen LogP contribution is 2.50. The number of halogens is 3. The molecule has 2 heterocycles. The summed E-state index contributed by atoms with van der Waals surface area (Å²) in [6.07, 6.45) is -4.75. The van der Waals surface area contributed by atoms with E-state index in [1.165, 1.54) is 12.1 Å². The van der Waals surface area contributed by atoms with Crippen molar-refractivity contribution in [2.24, 2.45) is 0 Å². The topological polar surface area (TPSA) is 18.6 Å². The molecule has 8 aromatic rings.